The fourth-order valence-corrected chi connectivity index (χ4v) is 6.42. The predicted molar refractivity (Wildman–Crippen MR) is 120 cm³/mol. The van der Waals surface area contributed by atoms with Crippen molar-refractivity contribution in [3.63, 3.8) is 0 Å². The standard InChI is InChI=1S/C26H30O7/c1-6-8-15-10-17-18(11-16(15)29-5)33-23(32-17)22-25(9-7-2)19(24(3,4)28)13-26(22)21(12-20(25)27)30-14-31-26/h6-7,10-12,19,22-23,28H,1-2,8-9,13-14H2,3-5H3/t19-,22+,23-,25-,26-/m1/s1. The monoisotopic (exact) mass is 454 g/mol. The van der Waals surface area contributed by atoms with Crippen LogP contribution in [0.3, 0.4) is 0 Å². The Morgan fingerprint density at radius 3 is 2.61 bits per heavy atom. The van der Waals surface area contributed by atoms with E-state index in [0.717, 1.165) is 5.56 Å². The number of ether oxygens (including phenoxy) is 5. The number of fused-ring (bicyclic) bond motifs is 2. The lowest BCUT2D eigenvalue weighted by Gasteiger charge is -2.46. The van der Waals surface area contributed by atoms with Gasteiger partial charge in [-0.2, -0.15) is 0 Å². The first kappa shape index (κ1) is 22.0. The highest BCUT2D eigenvalue weighted by molar-refractivity contribution is 5.98. The zero-order valence-electron chi connectivity index (χ0n) is 19.3. The van der Waals surface area contributed by atoms with Gasteiger partial charge in [0.15, 0.2) is 24.1 Å². The summed E-state index contributed by atoms with van der Waals surface area (Å²) in [7, 11) is 1.61. The lowest BCUT2D eigenvalue weighted by molar-refractivity contribution is -0.160. The van der Waals surface area contributed by atoms with Crippen LogP contribution in [0.5, 0.6) is 17.2 Å². The molecule has 2 aliphatic carbocycles. The second kappa shape index (κ2) is 7.37. The summed E-state index contributed by atoms with van der Waals surface area (Å²) in [6.45, 7) is 11.2. The van der Waals surface area contributed by atoms with Crippen LogP contribution in [-0.2, 0) is 20.7 Å². The third-order valence-corrected chi connectivity index (χ3v) is 7.66. The molecule has 1 aromatic rings. The van der Waals surface area contributed by atoms with Crippen molar-refractivity contribution >= 4 is 5.78 Å². The molecule has 0 aromatic heterocycles. The smallest absolute Gasteiger partial charge is 0.248 e. The number of methoxy groups -OCH3 is 1. The summed E-state index contributed by atoms with van der Waals surface area (Å²) in [5.41, 5.74) is -2.17. The fourth-order valence-electron chi connectivity index (χ4n) is 6.42. The van der Waals surface area contributed by atoms with Crippen molar-refractivity contribution in [2.24, 2.45) is 17.3 Å². The van der Waals surface area contributed by atoms with Crippen LogP contribution < -0.4 is 14.2 Å². The molecule has 2 fully saturated rings. The number of rotatable bonds is 7. The molecule has 4 aliphatic rings. The lowest BCUT2D eigenvalue weighted by Crippen LogP contribution is -2.57. The van der Waals surface area contributed by atoms with Crippen molar-refractivity contribution in [2.75, 3.05) is 13.9 Å². The number of hydrogen-bond acceptors (Lipinski definition) is 7. The van der Waals surface area contributed by atoms with Crippen molar-refractivity contribution in [1.29, 1.82) is 0 Å². The van der Waals surface area contributed by atoms with E-state index in [4.69, 9.17) is 23.7 Å². The number of ketones is 1. The summed E-state index contributed by atoms with van der Waals surface area (Å²) >= 11 is 0. The number of carbonyl (C=O) groups is 1. The molecule has 5 rings (SSSR count). The molecule has 0 unspecified atom stereocenters. The summed E-state index contributed by atoms with van der Waals surface area (Å²) in [5, 5.41) is 11.2. The largest absolute Gasteiger partial charge is 0.496 e. The van der Waals surface area contributed by atoms with Gasteiger partial charge in [0.05, 0.1) is 24.0 Å². The van der Waals surface area contributed by atoms with Crippen molar-refractivity contribution in [1.82, 2.24) is 0 Å². The van der Waals surface area contributed by atoms with Gasteiger partial charge in [0.2, 0.25) is 6.29 Å². The van der Waals surface area contributed by atoms with E-state index in [9.17, 15) is 9.90 Å². The van der Waals surface area contributed by atoms with Crippen molar-refractivity contribution in [3.05, 3.63) is 54.8 Å². The van der Waals surface area contributed by atoms with E-state index in [-0.39, 0.29) is 12.6 Å². The van der Waals surface area contributed by atoms with Crippen molar-refractivity contribution in [2.45, 2.75) is 50.6 Å². The number of allylic oxidation sites excluding steroid dienone is 3. The summed E-state index contributed by atoms with van der Waals surface area (Å²) < 4.78 is 30.2. The number of aliphatic hydroxyl groups is 1. The van der Waals surface area contributed by atoms with E-state index in [1.807, 2.05) is 6.07 Å². The Morgan fingerprint density at radius 1 is 1.24 bits per heavy atom. The van der Waals surface area contributed by atoms with E-state index in [2.05, 4.69) is 13.2 Å². The lowest BCUT2D eigenvalue weighted by atomic mass is 9.59. The van der Waals surface area contributed by atoms with Gasteiger partial charge >= 0.3 is 0 Å². The summed E-state index contributed by atoms with van der Waals surface area (Å²) in [6, 6.07) is 3.69. The second-order valence-corrected chi connectivity index (χ2v) is 9.80. The molecule has 33 heavy (non-hydrogen) atoms. The summed E-state index contributed by atoms with van der Waals surface area (Å²) in [4.78, 5) is 13.7. The Hall–Kier alpha value is -2.77. The molecule has 5 atom stereocenters. The van der Waals surface area contributed by atoms with Gasteiger partial charge in [0, 0.05) is 23.6 Å². The summed E-state index contributed by atoms with van der Waals surface area (Å²) in [6.07, 6.45) is 5.62. The fraction of sp³-hybridized carbons (Fsp3) is 0.500. The van der Waals surface area contributed by atoms with Crippen LogP contribution in [0, 0.1) is 17.3 Å². The first-order valence-corrected chi connectivity index (χ1v) is 11.2. The van der Waals surface area contributed by atoms with Gasteiger partial charge < -0.3 is 28.8 Å². The molecule has 176 valence electrons. The molecule has 1 saturated heterocycles. The predicted octanol–water partition coefficient (Wildman–Crippen LogP) is 3.70. The van der Waals surface area contributed by atoms with E-state index in [1.54, 1.807) is 39.2 Å². The first-order chi connectivity index (χ1) is 15.7. The number of hydrogen-bond donors (Lipinski definition) is 1. The molecule has 0 amide bonds. The molecule has 2 aliphatic heterocycles. The molecular formula is C26H30O7. The first-order valence-electron chi connectivity index (χ1n) is 11.2. The Kier molecular flexibility index (Phi) is 4.92. The highest BCUT2D eigenvalue weighted by Gasteiger charge is 2.76. The van der Waals surface area contributed by atoms with Gasteiger partial charge in [0.25, 0.3) is 0 Å². The normalized spacial score (nSPS) is 33.9. The van der Waals surface area contributed by atoms with Gasteiger partial charge in [-0.25, -0.2) is 0 Å². The highest BCUT2D eigenvalue weighted by atomic mass is 16.7. The van der Waals surface area contributed by atoms with Crippen LogP contribution >= 0.6 is 0 Å². The van der Waals surface area contributed by atoms with Gasteiger partial charge in [0.1, 0.15) is 17.1 Å². The molecule has 2 heterocycles. The third kappa shape index (κ3) is 2.91. The average molecular weight is 455 g/mol. The molecular weight excluding hydrogens is 424 g/mol. The molecule has 7 nitrogen and oxygen atoms in total. The third-order valence-electron chi connectivity index (χ3n) is 7.66. The molecule has 1 aromatic carbocycles. The average Bonchev–Trinajstić information content (AvgIpc) is 3.41. The van der Waals surface area contributed by atoms with E-state index < -0.39 is 34.7 Å². The Morgan fingerprint density at radius 2 is 1.97 bits per heavy atom. The van der Waals surface area contributed by atoms with Crippen LogP contribution in [0.15, 0.2) is 49.3 Å². The van der Waals surface area contributed by atoms with Crippen LogP contribution in [0.2, 0.25) is 0 Å². The number of carbonyl (C=O) groups excluding carboxylic acids is 1. The van der Waals surface area contributed by atoms with Gasteiger partial charge in [-0.3, -0.25) is 4.79 Å². The van der Waals surface area contributed by atoms with E-state index >= 15 is 0 Å². The van der Waals surface area contributed by atoms with Crippen molar-refractivity contribution < 1.29 is 33.6 Å². The maximum atomic E-state index is 13.7. The number of benzene rings is 1. The van der Waals surface area contributed by atoms with Crippen LogP contribution in [0.25, 0.3) is 0 Å². The molecule has 0 radical (unpaired) electrons. The van der Waals surface area contributed by atoms with Gasteiger partial charge in [-0.05, 0) is 39.2 Å². The maximum Gasteiger partial charge on any atom is 0.248 e. The Labute approximate surface area is 193 Å². The summed E-state index contributed by atoms with van der Waals surface area (Å²) in [5.74, 6) is 1.18. The van der Waals surface area contributed by atoms with Crippen LogP contribution in [-0.4, -0.2) is 42.3 Å². The van der Waals surface area contributed by atoms with Gasteiger partial charge in [-0.1, -0.05) is 12.2 Å². The minimum Gasteiger partial charge on any atom is -0.496 e. The molecule has 1 spiro atoms. The SMILES string of the molecule is C=CCc1cc2c(cc1OC)O[C@H]([C@H]1[C@@]3(CC=C)C(=O)C=C4OCO[C@]41C[C@@H]3C(C)(C)O)O2. The molecule has 1 saturated carbocycles. The van der Waals surface area contributed by atoms with E-state index in [1.165, 1.54) is 6.08 Å². The topological polar surface area (TPSA) is 83.5 Å². The van der Waals surface area contributed by atoms with Gasteiger partial charge in [-0.15, -0.1) is 13.2 Å². The Balaban J connectivity index is 1.63. The highest BCUT2D eigenvalue weighted by Crippen LogP contribution is 2.68. The van der Waals surface area contributed by atoms with Crippen molar-refractivity contribution in [3.8, 4) is 17.2 Å². The quantitative estimate of drug-likeness (QED) is 0.629. The molecule has 7 heteroatoms. The maximum absolute atomic E-state index is 13.7. The van der Waals surface area contributed by atoms with E-state index in [0.29, 0.717) is 42.3 Å². The molecule has 1 N–H and O–H groups in total. The Bertz CT molecular complexity index is 1050. The molecule has 2 bridgehead atoms. The minimum atomic E-state index is -1.15. The van der Waals surface area contributed by atoms with Crippen LogP contribution in [0.1, 0.15) is 32.3 Å². The zero-order chi connectivity index (χ0) is 23.6. The zero-order valence-corrected chi connectivity index (χ0v) is 19.3. The van der Waals surface area contributed by atoms with Crippen LogP contribution in [0.4, 0.5) is 0 Å². The minimum absolute atomic E-state index is 0.0370. The second-order valence-electron chi connectivity index (χ2n) is 9.80.